The molecule has 0 unspecified atom stereocenters. The minimum Gasteiger partial charge on any atom is -0.484 e. The predicted octanol–water partition coefficient (Wildman–Crippen LogP) is 6.28. The minimum absolute atomic E-state index is 0.116. The number of para-hydroxylation sites is 1. The van der Waals surface area contributed by atoms with E-state index in [1.807, 2.05) is 18.2 Å². The first-order valence-electron chi connectivity index (χ1n) is 9.62. The van der Waals surface area contributed by atoms with Gasteiger partial charge >= 0.3 is 0 Å². The first kappa shape index (κ1) is 20.4. The summed E-state index contributed by atoms with van der Waals surface area (Å²) in [6, 6.07) is 16.7. The van der Waals surface area contributed by atoms with Crippen LogP contribution in [0.15, 0.2) is 65.3 Å². The molecule has 4 aromatic rings. The molecule has 2 aromatic carbocycles. The lowest BCUT2D eigenvalue weighted by atomic mass is 10.0. The van der Waals surface area contributed by atoms with Gasteiger partial charge in [0.15, 0.2) is 11.7 Å². The summed E-state index contributed by atoms with van der Waals surface area (Å²) in [6.07, 6.45) is 1.59. The fourth-order valence-electron chi connectivity index (χ4n) is 3.11. The van der Waals surface area contributed by atoms with Crippen LogP contribution in [0.4, 0.5) is 5.13 Å². The number of halogens is 1. The van der Waals surface area contributed by atoms with Crippen molar-refractivity contribution in [3.63, 3.8) is 0 Å². The van der Waals surface area contributed by atoms with Gasteiger partial charge in [-0.25, -0.2) is 4.98 Å². The van der Waals surface area contributed by atoms with E-state index in [0.29, 0.717) is 27.6 Å². The van der Waals surface area contributed by atoms with E-state index in [1.54, 1.807) is 41.5 Å². The third kappa shape index (κ3) is 4.50. The normalized spacial score (nSPS) is 11.2. The monoisotopic (exact) mass is 440 g/mol. The summed E-state index contributed by atoms with van der Waals surface area (Å²) in [4.78, 5) is 19.5. The van der Waals surface area contributed by atoms with Crippen molar-refractivity contribution in [1.82, 2.24) is 4.98 Å². The Hall–Kier alpha value is -2.83. The summed E-state index contributed by atoms with van der Waals surface area (Å²) in [5.74, 6) is 1.40. The Balaban J connectivity index is 1.62. The number of thiazole rings is 1. The Morgan fingerprint density at radius 2 is 1.97 bits per heavy atom. The average Bonchev–Trinajstić information content (AvgIpc) is 3.40. The maximum absolute atomic E-state index is 13.1. The fraction of sp³-hybridized carbons (Fsp3) is 0.217. The zero-order valence-electron chi connectivity index (χ0n) is 16.7. The van der Waals surface area contributed by atoms with Crippen LogP contribution in [-0.4, -0.2) is 17.5 Å². The molecule has 5 nitrogen and oxygen atoms in total. The van der Waals surface area contributed by atoms with E-state index in [4.69, 9.17) is 25.7 Å². The highest BCUT2D eigenvalue weighted by atomic mass is 35.5. The largest absolute Gasteiger partial charge is 0.484 e. The van der Waals surface area contributed by atoms with Crippen molar-refractivity contribution >= 4 is 44.2 Å². The highest BCUT2D eigenvalue weighted by molar-refractivity contribution is 7.22. The van der Waals surface area contributed by atoms with E-state index in [2.05, 4.69) is 19.9 Å². The van der Waals surface area contributed by atoms with Crippen LogP contribution in [0.5, 0.6) is 5.75 Å². The molecule has 4 rings (SSSR count). The Kier molecular flexibility index (Phi) is 6.06. The van der Waals surface area contributed by atoms with E-state index in [-0.39, 0.29) is 19.1 Å². The first-order chi connectivity index (χ1) is 14.5. The molecule has 30 heavy (non-hydrogen) atoms. The van der Waals surface area contributed by atoms with Gasteiger partial charge in [0.2, 0.25) is 0 Å². The summed E-state index contributed by atoms with van der Waals surface area (Å²) < 4.78 is 12.2. The van der Waals surface area contributed by atoms with Crippen LogP contribution >= 0.6 is 22.9 Å². The number of furan rings is 1. The molecular formula is C23H21ClN2O3S. The standard InChI is InChI=1S/C23H21ClN2O3S/c1-15(2)19-6-3-7-20-22(19)25-23(30-20)26(13-18-5-4-12-28-18)21(27)14-29-17-10-8-16(24)9-11-17/h3-12,15H,13-14H2,1-2H3. The van der Waals surface area contributed by atoms with Gasteiger partial charge in [0.1, 0.15) is 11.5 Å². The number of amides is 1. The zero-order chi connectivity index (χ0) is 21.1. The SMILES string of the molecule is CC(C)c1cccc2sc(N(Cc3ccco3)C(=O)COc3ccc(Cl)cc3)nc12. The van der Waals surface area contributed by atoms with Crippen molar-refractivity contribution in [2.75, 3.05) is 11.5 Å². The molecule has 1 amide bonds. The quantitative estimate of drug-likeness (QED) is 0.339. The number of carbonyl (C=O) groups excluding carboxylic acids is 1. The number of hydrogen-bond donors (Lipinski definition) is 0. The molecule has 0 bridgehead atoms. The molecular weight excluding hydrogens is 420 g/mol. The third-order valence-corrected chi connectivity index (χ3v) is 5.96. The van der Waals surface area contributed by atoms with Crippen LogP contribution in [-0.2, 0) is 11.3 Å². The highest BCUT2D eigenvalue weighted by Gasteiger charge is 2.23. The molecule has 0 radical (unpaired) electrons. The predicted molar refractivity (Wildman–Crippen MR) is 121 cm³/mol. The van der Waals surface area contributed by atoms with Crippen molar-refractivity contribution in [1.29, 1.82) is 0 Å². The van der Waals surface area contributed by atoms with E-state index < -0.39 is 0 Å². The second-order valence-electron chi connectivity index (χ2n) is 7.15. The maximum atomic E-state index is 13.1. The molecule has 0 N–H and O–H groups in total. The Bertz CT molecular complexity index is 1140. The number of rotatable bonds is 7. The lowest BCUT2D eigenvalue weighted by Gasteiger charge is -2.19. The van der Waals surface area contributed by atoms with Gasteiger partial charge in [-0.15, -0.1) is 0 Å². The summed E-state index contributed by atoms with van der Waals surface area (Å²) in [6.45, 7) is 4.45. The molecule has 0 aliphatic carbocycles. The van der Waals surface area contributed by atoms with Crippen LogP contribution < -0.4 is 9.64 Å². The first-order valence-corrected chi connectivity index (χ1v) is 10.8. The van der Waals surface area contributed by atoms with Crippen molar-refractivity contribution in [3.8, 4) is 5.75 Å². The minimum atomic E-state index is -0.202. The number of carbonyl (C=O) groups is 1. The molecule has 0 saturated heterocycles. The van der Waals surface area contributed by atoms with Crippen molar-refractivity contribution in [3.05, 3.63) is 77.2 Å². The second kappa shape index (κ2) is 8.90. The fourth-order valence-corrected chi connectivity index (χ4v) is 4.26. The molecule has 2 heterocycles. The van der Waals surface area contributed by atoms with Crippen LogP contribution in [0.1, 0.15) is 31.1 Å². The topological polar surface area (TPSA) is 55.6 Å². The van der Waals surface area contributed by atoms with E-state index >= 15 is 0 Å². The molecule has 7 heteroatoms. The second-order valence-corrected chi connectivity index (χ2v) is 8.59. The van der Waals surface area contributed by atoms with Gasteiger partial charge < -0.3 is 9.15 Å². The maximum Gasteiger partial charge on any atom is 0.267 e. The smallest absolute Gasteiger partial charge is 0.267 e. The molecule has 0 atom stereocenters. The van der Waals surface area contributed by atoms with Gasteiger partial charge in [-0.3, -0.25) is 9.69 Å². The molecule has 0 spiro atoms. The molecule has 2 aromatic heterocycles. The third-order valence-electron chi connectivity index (χ3n) is 4.66. The van der Waals surface area contributed by atoms with Gasteiger partial charge in [-0.2, -0.15) is 0 Å². The summed E-state index contributed by atoms with van der Waals surface area (Å²) in [5, 5.41) is 1.24. The van der Waals surface area contributed by atoms with Gasteiger partial charge in [0.25, 0.3) is 5.91 Å². The van der Waals surface area contributed by atoms with Gasteiger partial charge in [-0.05, 0) is 53.9 Å². The lowest BCUT2D eigenvalue weighted by Crippen LogP contribution is -2.34. The van der Waals surface area contributed by atoms with Crippen LogP contribution in [0.3, 0.4) is 0 Å². The van der Waals surface area contributed by atoms with Gasteiger partial charge in [0.05, 0.1) is 23.0 Å². The van der Waals surface area contributed by atoms with E-state index in [1.165, 1.54) is 11.3 Å². The Labute approximate surface area is 183 Å². The van der Waals surface area contributed by atoms with Crippen molar-refractivity contribution in [2.24, 2.45) is 0 Å². The molecule has 154 valence electrons. The Morgan fingerprint density at radius 1 is 1.17 bits per heavy atom. The Morgan fingerprint density at radius 3 is 2.67 bits per heavy atom. The van der Waals surface area contributed by atoms with Gasteiger partial charge in [0, 0.05) is 5.02 Å². The lowest BCUT2D eigenvalue weighted by molar-refractivity contribution is -0.120. The molecule has 0 fully saturated rings. The van der Waals surface area contributed by atoms with E-state index in [0.717, 1.165) is 15.8 Å². The van der Waals surface area contributed by atoms with Gasteiger partial charge in [-0.1, -0.05) is 48.9 Å². The molecule has 0 aliphatic rings. The van der Waals surface area contributed by atoms with Crippen LogP contribution in [0.2, 0.25) is 5.02 Å². The number of benzene rings is 2. The summed E-state index contributed by atoms with van der Waals surface area (Å²) in [7, 11) is 0. The van der Waals surface area contributed by atoms with Crippen LogP contribution in [0, 0.1) is 0 Å². The number of aromatic nitrogens is 1. The number of fused-ring (bicyclic) bond motifs is 1. The zero-order valence-corrected chi connectivity index (χ0v) is 18.2. The number of nitrogens with zero attached hydrogens (tertiary/aromatic N) is 2. The van der Waals surface area contributed by atoms with Crippen molar-refractivity contribution < 1.29 is 13.9 Å². The molecule has 0 aliphatic heterocycles. The highest BCUT2D eigenvalue weighted by Crippen LogP contribution is 2.34. The average molecular weight is 441 g/mol. The van der Waals surface area contributed by atoms with E-state index in [9.17, 15) is 4.79 Å². The van der Waals surface area contributed by atoms with Crippen LogP contribution in [0.25, 0.3) is 10.2 Å². The summed E-state index contributed by atoms with van der Waals surface area (Å²) in [5.41, 5.74) is 2.10. The number of ether oxygens (including phenoxy) is 1. The molecule has 0 saturated carbocycles. The summed E-state index contributed by atoms with van der Waals surface area (Å²) >= 11 is 7.40. The number of anilines is 1. The number of hydrogen-bond acceptors (Lipinski definition) is 5. The van der Waals surface area contributed by atoms with Crippen molar-refractivity contribution in [2.45, 2.75) is 26.3 Å².